The summed E-state index contributed by atoms with van der Waals surface area (Å²) in [7, 11) is 1.60. The summed E-state index contributed by atoms with van der Waals surface area (Å²) in [6.07, 6.45) is 4.26. The van der Waals surface area contributed by atoms with Crippen molar-refractivity contribution in [2.45, 2.75) is 38.6 Å². The molecule has 174 valence electrons. The highest BCUT2D eigenvalue weighted by atomic mass is 32.1. The monoisotopic (exact) mass is 473 g/mol. The average molecular weight is 474 g/mol. The van der Waals surface area contributed by atoms with Crippen LogP contribution in [0.5, 0.6) is 5.75 Å². The minimum atomic E-state index is -0.212. The second-order valence-corrected chi connectivity index (χ2v) is 9.81. The molecule has 0 bridgehead atoms. The van der Waals surface area contributed by atoms with E-state index in [4.69, 9.17) is 9.72 Å². The fourth-order valence-electron chi connectivity index (χ4n) is 4.57. The Morgan fingerprint density at radius 2 is 1.85 bits per heavy atom. The molecule has 0 radical (unpaired) electrons. The lowest BCUT2D eigenvalue weighted by molar-refractivity contribution is -0.120. The molecule has 2 aromatic carbocycles. The van der Waals surface area contributed by atoms with Crippen molar-refractivity contribution in [1.82, 2.24) is 10.3 Å². The zero-order valence-electron chi connectivity index (χ0n) is 19.3. The first kappa shape index (κ1) is 22.3. The molecule has 0 aliphatic heterocycles. The maximum Gasteiger partial charge on any atom is 0.268 e. The number of methoxy groups -OCH3 is 1. The van der Waals surface area contributed by atoms with Crippen LogP contribution in [0, 0.1) is 6.92 Å². The molecule has 2 amide bonds. The maximum absolute atomic E-state index is 13.7. The van der Waals surface area contributed by atoms with Crippen molar-refractivity contribution in [3.8, 4) is 5.75 Å². The van der Waals surface area contributed by atoms with E-state index in [1.807, 2.05) is 43.3 Å². The number of nitrogens with zero attached hydrogens (tertiary/aromatic N) is 2. The second kappa shape index (κ2) is 9.43. The molecule has 1 N–H and O–H groups in total. The maximum atomic E-state index is 13.7. The molecule has 0 spiro atoms. The Morgan fingerprint density at radius 1 is 1.09 bits per heavy atom. The van der Waals surface area contributed by atoms with Crippen molar-refractivity contribution in [3.63, 3.8) is 0 Å². The molecular weight excluding hydrogens is 446 g/mol. The Bertz CT molecular complexity index is 1360. The zero-order chi connectivity index (χ0) is 23.7. The Balaban J connectivity index is 1.48. The number of hydrogen-bond donors (Lipinski definition) is 1. The number of hydrogen-bond acceptors (Lipinski definition) is 5. The molecule has 0 atom stereocenters. The van der Waals surface area contributed by atoms with Crippen LogP contribution in [0.3, 0.4) is 0 Å². The Labute approximate surface area is 202 Å². The van der Waals surface area contributed by atoms with Gasteiger partial charge in [-0.05, 0) is 61.7 Å². The van der Waals surface area contributed by atoms with E-state index < -0.39 is 0 Å². The van der Waals surface area contributed by atoms with E-state index in [0.29, 0.717) is 16.3 Å². The van der Waals surface area contributed by atoms with Crippen LogP contribution in [0.4, 0.5) is 5.69 Å². The van der Waals surface area contributed by atoms with E-state index in [0.717, 1.165) is 52.4 Å². The molecule has 1 fully saturated rings. The highest BCUT2D eigenvalue weighted by Gasteiger charge is 2.25. The number of pyridine rings is 1. The van der Waals surface area contributed by atoms with E-state index in [1.54, 1.807) is 24.1 Å². The largest absolute Gasteiger partial charge is 0.497 e. The van der Waals surface area contributed by atoms with Crippen LogP contribution >= 0.6 is 11.3 Å². The third-order valence-electron chi connectivity index (χ3n) is 6.40. The van der Waals surface area contributed by atoms with E-state index >= 15 is 0 Å². The van der Waals surface area contributed by atoms with Gasteiger partial charge < -0.3 is 10.1 Å². The summed E-state index contributed by atoms with van der Waals surface area (Å²) >= 11 is 1.36. The summed E-state index contributed by atoms with van der Waals surface area (Å²) in [5, 5.41) is 5.07. The molecule has 5 rings (SSSR count). The fourth-order valence-corrected chi connectivity index (χ4v) is 5.54. The van der Waals surface area contributed by atoms with Crippen LogP contribution in [-0.4, -0.2) is 36.5 Å². The number of para-hydroxylation sites is 1. The summed E-state index contributed by atoms with van der Waals surface area (Å²) in [6, 6.07) is 17.4. The van der Waals surface area contributed by atoms with E-state index in [9.17, 15) is 9.59 Å². The fraction of sp³-hybridized carbons (Fsp3) is 0.296. The Kier molecular flexibility index (Phi) is 6.20. The van der Waals surface area contributed by atoms with Gasteiger partial charge in [-0.3, -0.25) is 14.5 Å². The quantitative estimate of drug-likeness (QED) is 0.403. The van der Waals surface area contributed by atoms with Crippen LogP contribution in [0.1, 0.15) is 40.9 Å². The lowest BCUT2D eigenvalue weighted by Gasteiger charge is -2.23. The molecule has 7 heteroatoms. The molecule has 1 saturated carbocycles. The summed E-state index contributed by atoms with van der Waals surface area (Å²) in [5.41, 5.74) is 2.70. The highest BCUT2D eigenvalue weighted by Crippen LogP contribution is 2.31. The molecule has 34 heavy (non-hydrogen) atoms. The van der Waals surface area contributed by atoms with Gasteiger partial charge in [0.25, 0.3) is 5.91 Å². The van der Waals surface area contributed by atoms with Gasteiger partial charge in [0.15, 0.2) is 0 Å². The van der Waals surface area contributed by atoms with E-state index in [1.165, 1.54) is 11.3 Å². The normalized spacial score (nSPS) is 13.9. The molecule has 4 aromatic rings. The molecule has 0 saturated heterocycles. The van der Waals surface area contributed by atoms with Gasteiger partial charge >= 0.3 is 0 Å². The van der Waals surface area contributed by atoms with Gasteiger partial charge in [-0.25, -0.2) is 4.98 Å². The zero-order valence-corrected chi connectivity index (χ0v) is 20.2. The van der Waals surface area contributed by atoms with Crippen molar-refractivity contribution in [1.29, 1.82) is 0 Å². The molecule has 6 nitrogen and oxygen atoms in total. The number of anilines is 1. The number of aryl methyl sites for hydroxylation is 1. The van der Waals surface area contributed by atoms with Crippen LogP contribution < -0.4 is 15.0 Å². The van der Waals surface area contributed by atoms with Crippen LogP contribution in [0.15, 0.2) is 54.6 Å². The minimum absolute atomic E-state index is 0.0373. The number of carbonyl (C=O) groups is 2. The predicted molar refractivity (Wildman–Crippen MR) is 137 cm³/mol. The van der Waals surface area contributed by atoms with Crippen molar-refractivity contribution < 1.29 is 14.3 Å². The summed E-state index contributed by atoms with van der Waals surface area (Å²) < 4.78 is 5.26. The number of thiophene rings is 1. The molecule has 2 aromatic heterocycles. The number of carbonyl (C=O) groups excluding carboxylic acids is 2. The minimum Gasteiger partial charge on any atom is -0.497 e. The third kappa shape index (κ3) is 4.48. The number of ether oxygens (including phenoxy) is 1. The summed E-state index contributed by atoms with van der Waals surface area (Å²) in [6.45, 7) is 2.00. The molecule has 0 unspecified atom stereocenters. The van der Waals surface area contributed by atoms with Crippen LogP contribution in [0.2, 0.25) is 0 Å². The van der Waals surface area contributed by atoms with Crippen LogP contribution in [0.25, 0.3) is 21.1 Å². The molecular formula is C27H27N3O3S. The van der Waals surface area contributed by atoms with Crippen molar-refractivity contribution >= 4 is 50.0 Å². The second-order valence-electron chi connectivity index (χ2n) is 8.78. The van der Waals surface area contributed by atoms with Gasteiger partial charge in [0.2, 0.25) is 5.91 Å². The summed E-state index contributed by atoms with van der Waals surface area (Å²) in [4.78, 5) is 34.3. The number of amides is 2. The lowest BCUT2D eigenvalue weighted by atomic mass is 10.1. The third-order valence-corrected chi connectivity index (χ3v) is 7.43. The van der Waals surface area contributed by atoms with E-state index in [-0.39, 0.29) is 24.4 Å². The number of aromatic nitrogens is 1. The Morgan fingerprint density at radius 3 is 2.59 bits per heavy atom. The van der Waals surface area contributed by atoms with E-state index in [2.05, 4.69) is 11.4 Å². The van der Waals surface area contributed by atoms with Crippen molar-refractivity contribution in [2.75, 3.05) is 18.6 Å². The number of rotatable bonds is 6. The van der Waals surface area contributed by atoms with Gasteiger partial charge in [0.05, 0.1) is 17.5 Å². The number of benzene rings is 2. The first-order valence-corrected chi connectivity index (χ1v) is 12.4. The molecule has 2 heterocycles. The molecule has 1 aliphatic carbocycles. The Hall–Kier alpha value is -3.45. The number of fused-ring (bicyclic) bond motifs is 2. The SMILES string of the molecule is COc1ccc(N(CC(=O)NC2CCCC2)C(=O)c2cc3cc4cccc(C)c4nc3s2)cc1. The average Bonchev–Trinajstić information content (AvgIpc) is 3.51. The van der Waals surface area contributed by atoms with Gasteiger partial charge in [0.1, 0.15) is 17.1 Å². The van der Waals surface area contributed by atoms with Gasteiger partial charge in [0, 0.05) is 22.5 Å². The molecule has 1 aliphatic rings. The summed E-state index contributed by atoms with van der Waals surface area (Å²) in [5.74, 6) is 0.340. The lowest BCUT2D eigenvalue weighted by Crippen LogP contribution is -2.43. The van der Waals surface area contributed by atoms with Gasteiger partial charge in [-0.1, -0.05) is 31.0 Å². The van der Waals surface area contributed by atoms with Crippen LogP contribution in [-0.2, 0) is 4.79 Å². The van der Waals surface area contributed by atoms with Crippen molar-refractivity contribution in [3.05, 3.63) is 65.0 Å². The predicted octanol–water partition coefficient (Wildman–Crippen LogP) is 5.47. The van der Waals surface area contributed by atoms with Gasteiger partial charge in [-0.2, -0.15) is 0 Å². The topological polar surface area (TPSA) is 71.5 Å². The smallest absolute Gasteiger partial charge is 0.268 e. The highest BCUT2D eigenvalue weighted by molar-refractivity contribution is 7.20. The first-order valence-electron chi connectivity index (χ1n) is 11.6. The number of nitrogens with one attached hydrogen (secondary N) is 1. The van der Waals surface area contributed by atoms with Crippen molar-refractivity contribution in [2.24, 2.45) is 0 Å². The van der Waals surface area contributed by atoms with Gasteiger partial charge in [-0.15, -0.1) is 11.3 Å². The first-order chi connectivity index (χ1) is 16.5. The standard InChI is InChI=1S/C27H27N3O3S/c1-17-6-5-7-18-14-19-15-23(34-26(19)29-25(17)18)27(32)30(21-10-12-22(33-2)13-11-21)16-24(31)28-20-8-3-4-9-20/h5-7,10-15,20H,3-4,8-9,16H2,1-2H3,(H,28,31).